The number of hydrogen-bond acceptors (Lipinski definition) is 5. The van der Waals surface area contributed by atoms with Crippen LogP contribution < -0.4 is 16.4 Å². The summed E-state index contributed by atoms with van der Waals surface area (Å²) >= 11 is 5.80. The average molecular weight is 330 g/mol. The first-order valence-electron chi connectivity index (χ1n) is 6.71. The molecule has 0 atom stereocenters. The second kappa shape index (κ2) is 6.10. The third-order valence-electron chi connectivity index (χ3n) is 3.12. The third kappa shape index (κ3) is 3.32. The Kier molecular flexibility index (Phi) is 3.99. The highest BCUT2D eigenvalue weighted by atomic mass is 35.5. The maximum atomic E-state index is 13.3. The molecule has 0 saturated carbocycles. The molecule has 0 aliphatic carbocycles. The summed E-state index contributed by atoms with van der Waals surface area (Å²) in [4.78, 5) is 8.45. The molecule has 0 amide bonds. The molecule has 0 fully saturated rings. The first-order chi connectivity index (χ1) is 11.0. The van der Waals surface area contributed by atoms with Crippen LogP contribution in [0.2, 0.25) is 5.02 Å². The molecular weight excluding hydrogens is 317 g/mol. The van der Waals surface area contributed by atoms with E-state index in [0.717, 1.165) is 16.6 Å². The summed E-state index contributed by atoms with van der Waals surface area (Å²) in [5.74, 6) is 0.433. The van der Waals surface area contributed by atoms with Crippen LogP contribution in [-0.2, 0) is 0 Å². The van der Waals surface area contributed by atoms with Gasteiger partial charge >= 0.3 is 0 Å². The molecule has 1 heterocycles. The Morgan fingerprint density at radius 1 is 1.13 bits per heavy atom. The Bertz CT molecular complexity index is 897. The summed E-state index contributed by atoms with van der Waals surface area (Å²) in [6.07, 6.45) is 1.45. The van der Waals surface area contributed by atoms with E-state index in [9.17, 15) is 4.39 Å². The van der Waals surface area contributed by atoms with Crippen molar-refractivity contribution in [1.29, 1.82) is 0 Å². The number of aromatic nitrogens is 2. The zero-order valence-corrected chi connectivity index (χ0v) is 12.7. The molecule has 23 heavy (non-hydrogen) atoms. The third-order valence-corrected chi connectivity index (χ3v) is 3.41. The van der Waals surface area contributed by atoms with Crippen LogP contribution in [0.15, 0.2) is 55.1 Å². The van der Waals surface area contributed by atoms with E-state index in [4.69, 9.17) is 17.3 Å². The van der Waals surface area contributed by atoms with E-state index in [1.165, 1.54) is 18.5 Å². The first-order valence-corrected chi connectivity index (χ1v) is 7.09. The van der Waals surface area contributed by atoms with Crippen molar-refractivity contribution in [3.05, 3.63) is 66.0 Å². The summed E-state index contributed by atoms with van der Waals surface area (Å²) in [5, 5.41) is 6.86. The van der Waals surface area contributed by atoms with Gasteiger partial charge in [0.2, 0.25) is 0 Å². The standard InChI is InChI=1S/C16H13ClFN5/c1-9(19)22-10-3-5-15-12(6-10)16(21-8-20-15)23-11-2-4-14(18)13(17)7-11/h2-8,22H,1,19H2,(H,20,21,23). The SMILES string of the molecule is C=C(N)Nc1ccc2ncnc(Nc3ccc(F)c(Cl)c3)c2c1. The van der Waals surface area contributed by atoms with Crippen molar-refractivity contribution in [3.8, 4) is 0 Å². The number of nitrogens with two attached hydrogens (primary N) is 1. The van der Waals surface area contributed by atoms with E-state index in [2.05, 4.69) is 27.2 Å². The molecule has 116 valence electrons. The Labute approximate surface area is 137 Å². The quantitative estimate of drug-likeness (QED) is 0.674. The van der Waals surface area contributed by atoms with Crippen molar-refractivity contribution in [1.82, 2.24) is 9.97 Å². The molecule has 4 N–H and O–H groups in total. The molecule has 0 unspecified atom stereocenters. The van der Waals surface area contributed by atoms with E-state index in [1.807, 2.05) is 18.2 Å². The lowest BCUT2D eigenvalue weighted by atomic mass is 10.2. The van der Waals surface area contributed by atoms with Crippen LogP contribution in [0.1, 0.15) is 0 Å². The number of benzene rings is 2. The summed E-state index contributed by atoms with van der Waals surface area (Å²) in [6, 6.07) is 9.89. The molecule has 0 radical (unpaired) electrons. The minimum Gasteiger partial charge on any atom is -0.386 e. The summed E-state index contributed by atoms with van der Waals surface area (Å²) in [5.41, 5.74) is 7.70. The molecule has 0 saturated heterocycles. The van der Waals surface area contributed by atoms with Gasteiger partial charge in [-0.2, -0.15) is 0 Å². The van der Waals surface area contributed by atoms with Crippen molar-refractivity contribution in [2.75, 3.05) is 10.6 Å². The van der Waals surface area contributed by atoms with Gasteiger partial charge in [-0.3, -0.25) is 0 Å². The van der Waals surface area contributed by atoms with Crippen LogP contribution in [0.25, 0.3) is 10.9 Å². The number of nitrogens with zero attached hydrogens (tertiary/aromatic N) is 2. The highest BCUT2D eigenvalue weighted by Crippen LogP contribution is 2.27. The van der Waals surface area contributed by atoms with Gasteiger partial charge in [-0.25, -0.2) is 14.4 Å². The van der Waals surface area contributed by atoms with Crippen molar-refractivity contribution in [2.24, 2.45) is 5.73 Å². The van der Waals surface area contributed by atoms with Crippen molar-refractivity contribution >= 4 is 39.7 Å². The highest BCUT2D eigenvalue weighted by molar-refractivity contribution is 6.31. The number of nitrogens with one attached hydrogen (secondary N) is 2. The zero-order valence-electron chi connectivity index (χ0n) is 12.0. The Morgan fingerprint density at radius 3 is 2.65 bits per heavy atom. The van der Waals surface area contributed by atoms with Crippen molar-refractivity contribution in [2.45, 2.75) is 0 Å². The van der Waals surface area contributed by atoms with Crippen LogP contribution in [0, 0.1) is 5.82 Å². The number of rotatable bonds is 4. The number of hydrogen-bond donors (Lipinski definition) is 3. The molecule has 3 rings (SSSR count). The van der Waals surface area contributed by atoms with Crippen molar-refractivity contribution < 1.29 is 4.39 Å². The lowest BCUT2D eigenvalue weighted by Gasteiger charge is -2.11. The predicted octanol–water partition coefficient (Wildman–Crippen LogP) is 4.01. The fraction of sp³-hybridized carbons (Fsp3) is 0. The maximum absolute atomic E-state index is 13.3. The molecule has 0 spiro atoms. The summed E-state index contributed by atoms with van der Waals surface area (Å²) in [6.45, 7) is 3.61. The van der Waals surface area contributed by atoms with Crippen LogP contribution in [-0.4, -0.2) is 9.97 Å². The fourth-order valence-corrected chi connectivity index (χ4v) is 2.31. The van der Waals surface area contributed by atoms with Gasteiger partial charge in [-0.15, -0.1) is 0 Å². The topological polar surface area (TPSA) is 75.9 Å². The van der Waals surface area contributed by atoms with Crippen molar-refractivity contribution in [3.63, 3.8) is 0 Å². The molecular formula is C16H13ClFN5. The lowest BCUT2D eigenvalue weighted by Crippen LogP contribution is -2.06. The van der Waals surface area contributed by atoms with Crippen LogP contribution >= 0.6 is 11.6 Å². The summed E-state index contributed by atoms with van der Waals surface area (Å²) < 4.78 is 13.3. The van der Waals surface area contributed by atoms with Crippen LogP contribution in [0.3, 0.4) is 0 Å². The molecule has 3 aromatic rings. The Morgan fingerprint density at radius 2 is 1.91 bits per heavy atom. The normalized spacial score (nSPS) is 10.5. The second-order valence-electron chi connectivity index (χ2n) is 4.86. The maximum Gasteiger partial charge on any atom is 0.141 e. The van der Waals surface area contributed by atoms with Gasteiger partial charge < -0.3 is 16.4 Å². The molecule has 0 aliphatic heterocycles. The summed E-state index contributed by atoms with van der Waals surface area (Å²) in [7, 11) is 0. The molecule has 5 nitrogen and oxygen atoms in total. The van der Waals surface area contributed by atoms with Crippen LogP contribution in [0.4, 0.5) is 21.6 Å². The second-order valence-corrected chi connectivity index (χ2v) is 5.27. The molecule has 1 aromatic heterocycles. The number of anilines is 3. The molecule has 7 heteroatoms. The fourth-order valence-electron chi connectivity index (χ4n) is 2.13. The molecule has 0 aliphatic rings. The minimum absolute atomic E-state index is 0.0372. The smallest absolute Gasteiger partial charge is 0.141 e. The number of fused-ring (bicyclic) bond motifs is 1. The van der Waals surface area contributed by atoms with Gasteiger partial charge in [0.25, 0.3) is 0 Å². The van der Waals surface area contributed by atoms with Gasteiger partial charge in [0.15, 0.2) is 0 Å². The van der Waals surface area contributed by atoms with E-state index in [0.29, 0.717) is 17.3 Å². The van der Waals surface area contributed by atoms with Gasteiger partial charge in [-0.1, -0.05) is 18.2 Å². The molecule has 2 aromatic carbocycles. The number of halogens is 2. The van der Waals surface area contributed by atoms with Gasteiger partial charge in [0, 0.05) is 16.8 Å². The molecule has 0 bridgehead atoms. The van der Waals surface area contributed by atoms with E-state index in [-0.39, 0.29) is 5.02 Å². The largest absolute Gasteiger partial charge is 0.386 e. The van der Waals surface area contributed by atoms with Gasteiger partial charge in [-0.05, 0) is 36.4 Å². The minimum atomic E-state index is -0.474. The van der Waals surface area contributed by atoms with Gasteiger partial charge in [0.1, 0.15) is 18.0 Å². The Balaban J connectivity index is 2.01. The van der Waals surface area contributed by atoms with E-state index < -0.39 is 5.82 Å². The monoisotopic (exact) mass is 329 g/mol. The highest BCUT2D eigenvalue weighted by Gasteiger charge is 2.07. The van der Waals surface area contributed by atoms with Gasteiger partial charge in [0.05, 0.1) is 16.4 Å². The Hall–Kier alpha value is -2.86. The zero-order chi connectivity index (χ0) is 16.4. The van der Waals surface area contributed by atoms with E-state index in [1.54, 1.807) is 6.07 Å². The lowest BCUT2D eigenvalue weighted by molar-refractivity contribution is 0.628. The predicted molar refractivity (Wildman–Crippen MR) is 91.2 cm³/mol. The average Bonchev–Trinajstić information content (AvgIpc) is 2.51. The van der Waals surface area contributed by atoms with Crippen LogP contribution in [0.5, 0.6) is 0 Å². The van der Waals surface area contributed by atoms with E-state index >= 15 is 0 Å². The first kappa shape index (κ1) is 15.1.